The van der Waals surface area contributed by atoms with Crippen molar-refractivity contribution in [1.29, 1.82) is 0 Å². The molecule has 9 heterocycles. The highest BCUT2D eigenvalue weighted by Crippen LogP contribution is 2.44. The molecule has 5 aliphatic heterocycles. The van der Waals surface area contributed by atoms with Gasteiger partial charge in [0.05, 0.1) is 61.1 Å². The van der Waals surface area contributed by atoms with E-state index in [1.807, 2.05) is 42.0 Å². The normalized spacial score (nSPS) is 19.7. The first-order chi connectivity index (χ1) is 34.0. The average Bonchev–Trinajstić information content (AvgIpc) is 3.93. The van der Waals surface area contributed by atoms with Crippen LogP contribution >= 0.6 is 0 Å². The summed E-state index contributed by atoms with van der Waals surface area (Å²) < 4.78 is 108. The summed E-state index contributed by atoms with van der Waals surface area (Å²) in [6, 6.07) is 3.09. The zero-order valence-electron chi connectivity index (χ0n) is 41.5. The second-order valence-electron chi connectivity index (χ2n) is 18.0. The van der Waals surface area contributed by atoms with Gasteiger partial charge in [0, 0.05) is 97.3 Å². The van der Waals surface area contributed by atoms with E-state index < -0.39 is 31.0 Å². The lowest BCUT2D eigenvalue weighted by molar-refractivity contribution is -0.186. The van der Waals surface area contributed by atoms with Crippen molar-refractivity contribution < 1.29 is 54.9 Å². The molecule has 4 aromatic rings. The van der Waals surface area contributed by atoms with E-state index in [1.165, 1.54) is 13.2 Å². The summed E-state index contributed by atoms with van der Waals surface area (Å²) in [6.45, 7) is 13.9. The van der Waals surface area contributed by atoms with Crippen molar-refractivity contribution in [3.8, 4) is 0 Å². The van der Waals surface area contributed by atoms with Crippen LogP contribution in [-0.2, 0) is 53.0 Å². The Morgan fingerprint density at radius 2 is 1.15 bits per heavy atom. The van der Waals surface area contributed by atoms with Crippen molar-refractivity contribution in [1.82, 2.24) is 39.3 Å². The third-order valence-electron chi connectivity index (χ3n) is 13.8. The summed E-state index contributed by atoms with van der Waals surface area (Å²) in [7, 11) is 1.36. The molecule has 15 nitrogen and oxygen atoms in total. The molecule has 0 spiro atoms. The lowest BCUT2D eigenvalue weighted by atomic mass is 9.89. The first-order valence-electron chi connectivity index (χ1n) is 24.8. The summed E-state index contributed by atoms with van der Waals surface area (Å²) in [4.78, 5) is 39.3. The number of pyridine rings is 2. The summed E-state index contributed by atoms with van der Waals surface area (Å²) in [6.07, 6.45) is -4.58. The first kappa shape index (κ1) is 53.3. The Kier molecular flexibility index (Phi) is 16.9. The van der Waals surface area contributed by atoms with Gasteiger partial charge in [0.1, 0.15) is 0 Å². The first-order valence-corrected chi connectivity index (χ1v) is 24.8. The van der Waals surface area contributed by atoms with E-state index in [-0.39, 0.29) is 54.5 Å². The highest BCUT2D eigenvalue weighted by Gasteiger charge is 2.45. The molecule has 0 bridgehead atoms. The van der Waals surface area contributed by atoms with Crippen LogP contribution in [0.25, 0.3) is 0 Å². The van der Waals surface area contributed by atoms with Crippen LogP contribution in [0.1, 0.15) is 148 Å². The van der Waals surface area contributed by atoms with Crippen molar-refractivity contribution in [2.45, 2.75) is 156 Å². The SMILES string of the molecule is CC.CC.COC(=O)N1CCc2c(c(N3CCCc4nc(C)c(C(F)F)cc43)nn2C2CC(O)C2)C1.Cc1nc2c(cc1C(F)F)N(c1nn(C3CCOCC3)c3c1CN(C(=O)C(F)(F)F)CC3)CCC2. The van der Waals surface area contributed by atoms with Gasteiger partial charge >= 0.3 is 18.2 Å². The second kappa shape index (κ2) is 22.5. The summed E-state index contributed by atoms with van der Waals surface area (Å²) in [5, 5.41) is 19.6. The lowest BCUT2D eigenvalue weighted by Gasteiger charge is -2.34. The molecule has 0 aromatic carbocycles. The molecule has 2 fully saturated rings. The number of carbonyl (C=O) groups excluding carboxylic acids is 2. The number of rotatable bonds is 6. The van der Waals surface area contributed by atoms with Crippen molar-refractivity contribution in [2.75, 3.05) is 56.3 Å². The molecule has 0 atom stereocenters. The van der Waals surface area contributed by atoms with Crippen LogP contribution in [0.4, 0.5) is 58.5 Å². The monoisotopic (exact) mass is 1010 g/mol. The molecular weight excluding hydrogens is 942 g/mol. The molecule has 2 amide bonds. The number of amides is 2. The number of hydrogen-bond donors (Lipinski definition) is 1. The molecule has 1 saturated heterocycles. The van der Waals surface area contributed by atoms with E-state index in [9.17, 15) is 45.4 Å². The number of hydrogen-bond acceptors (Lipinski definition) is 11. The van der Waals surface area contributed by atoms with E-state index >= 15 is 0 Å². The molecule has 4 aromatic heterocycles. The minimum Gasteiger partial charge on any atom is -0.453 e. The zero-order chi connectivity index (χ0) is 51.5. The Balaban J connectivity index is 0.000000196. The quantitative estimate of drug-likeness (QED) is 0.184. The Hall–Kier alpha value is -5.51. The van der Waals surface area contributed by atoms with Crippen molar-refractivity contribution in [3.63, 3.8) is 0 Å². The smallest absolute Gasteiger partial charge is 0.453 e. The van der Waals surface area contributed by atoms with Crippen LogP contribution in [0.2, 0.25) is 0 Å². The fraction of sp³-hybridized carbons (Fsp3) is 0.633. The number of aromatic nitrogens is 6. The predicted molar refractivity (Wildman–Crippen MR) is 251 cm³/mol. The van der Waals surface area contributed by atoms with E-state index in [2.05, 4.69) is 9.97 Å². The number of anilines is 4. The molecule has 22 heteroatoms. The maximum atomic E-state index is 13.7. The lowest BCUT2D eigenvalue weighted by Crippen LogP contribution is -2.44. The number of nitrogens with zero attached hydrogens (tertiary/aromatic N) is 10. The number of halogens is 7. The Morgan fingerprint density at radius 1 is 0.704 bits per heavy atom. The van der Waals surface area contributed by atoms with Gasteiger partial charge in [-0.15, -0.1) is 0 Å². The number of alkyl halides is 7. The topological polar surface area (TPSA) is 147 Å². The molecule has 71 heavy (non-hydrogen) atoms. The molecule has 1 aliphatic carbocycles. The van der Waals surface area contributed by atoms with Gasteiger partial charge in [-0.3, -0.25) is 24.1 Å². The maximum absolute atomic E-state index is 13.7. The molecule has 0 unspecified atom stereocenters. The molecule has 0 radical (unpaired) electrons. The minimum atomic E-state index is -4.97. The van der Waals surface area contributed by atoms with Gasteiger partial charge in [0.25, 0.3) is 12.9 Å². The van der Waals surface area contributed by atoms with E-state index in [4.69, 9.17) is 19.7 Å². The summed E-state index contributed by atoms with van der Waals surface area (Å²) >= 11 is 0. The van der Waals surface area contributed by atoms with Crippen LogP contribution < -0.4 is 9.80 Å². The van der Waals surface area contributed by atoms with E-state index in [1.54, 1.807) is 29.7 Å². The molecule has 6 aliphatic rings. The van der Waals surface area contributed by atoms with E-state index in [0.29, 0.717) is 124 Å². The number of aliphatic hydroxyl groups excluding tert-OH is 1. The summed E-state index contributed by atoms with van der Waals surface area (Å²) in [5.41, 5.74) is 6.26. The number of aliphatic hydroxyl groups is 1. The van der Waals surface area contributed by atoms with Gasteiger partial charge in [-0.1, -0.05) is 27.7 Å². The van der Waals surface area contributed by atoms with Crippen molar-refractivity contribution in [2.24, 2.45) is 0 Å². The Labute approximate surface area is 409 Å². The van der Waals surface area contributed by atoms with Crippen molar-refractivity contribution in [3.05, 3.63) is 68.6 Å². The summed E-state index contributed by atoms with van der Waals surface area (Å²) in [5.74, 6) is -0.788. The molecular formula is C49H65F7N10O5. The van der Waals surface area contributed by atoms with Gasteiger partial charge in [0.15, 0.2) is 11.6 Å². The molecule has 1 N–H and O–H groups in total. The van der Waals surface area contributed by atoms with Crippen LogP contribution in [0.15, 0.2) is 12.1 Å². The fourth-order valence-electron chi connectivity index (χ4n) is 10.3. The maximum Gasteiger partial charge on any atom is 0.471 e. The van der Waals surface area contributed by atoms with E-state index in [0.717, 1.165) is 40.4 Å². The predicted octanol–water partition coefficient (Wildman–Crippen LogP) is 9.89. The largest absolute Gasteiger partial charge is 0.471 e. The number of aryl methyl sites for hydroxylation is 4. The highest BCUT2D eigenvalue weighted by atomic mass is 19.4. The van der Waals surface area contributed by atoms with Gasteiger partial charge in [0.2, 0.25) is 0 Å². The second-order valence-corrected chi connectivity index (χ2v) is 18.0. The Bertz CT molecular complexity index is 2520. The van der Waals surface area contributed by atoms with Gasteiger partial charge in [-0.2, -0.15) is 23.4 Å². The number of carbonyl (C=O) groups is 2. The zero-order valence-corrected chi connectivity index (χ0v) is 41.5. The average molecular weight is 1010 g/mol. The minimum absolute atomic E-state index is 0.0214. The van der Waals surface area contributed by atoms with Gasteiger partial charge < -0.3 is 34.2 Å². The standard InChI is InChI=1S/C23H26F5N5O2.C22H27F2N5O3.2C2H6/c1-13-15(20(24)25)11-19-17(29-13)3-2-7-32(19)21-16-12-31(22(34)23(26,27)28)8-4-18(16)33(30-21)14-5-9-35-10-6-14;1-12-15(20(23)24)10-19-17(25-12)4-3-6-28(19)21-16-11-27(22(31)32-2)7-5-18(16)29(26-21)13-8-14(30)9-13;2*1-2/h11,14,20H,2-10,12H2,1H3;10,13-14,20,30H,3-9,11H2,1-2H3;2*1-2H3. The molecule has 1 saturated carbocycles. The fourth-order valence-corrected chi connectivity index (χ4v) is 10.3. The van der Waals surface area contributed by atoms with Gasteiger partial charge in [-0.25, -0.2) is 22.4 Å². The van der Waals surface area contributed by atoms with Crippen LogP contribution in [-0.4, -0.2) is 115 Å². The number of ether oxygens (including phenoxy) is 2. The molecule has 10 rings (SSSR count). The van der Waals surface area contributed by atoms with Crippen molar-refractivity contribution >= 4 is 35.0 Å². The van der Waals surface area contributed by atoms with Crippen LogP contribution in [0, 0.1) is 13.8 Å². The molecule has 390 valence electrons. The third-order valence-corrected chi connectivity index (χ3v) is 13.8. The number of methoxy groups -OCH3 is 1. The van der Waals surface area contributed by atoms with Crippen LogP contribution in [0.3, 0.4) is 0 Å². The van der Waals surface area contributed by atoms with Crippen LogP contribution in [0.5, 0.6) is 0 Å². The highest BCUT2D eigenvalue weighted by molar-refractivity contribution is 5.82. The van der Waals surface area contributed by atoms with Gasteiger partial charge in [-0.05, 0) is 77.3 Å². The third kappa shape index (κ3) is 10.8. The Morgan fingerprint density at radius 3 is 1.59 bits per heavy atom. The number of fused-ring (bicyclic) bond motifs is 4.